The summed E-state index contributed by atoms with van der Waals surface area (Å²) in [6.45, 7) is 0. The number of nitrogens with zero attached hydrogens (tertiary/aromatic N) is 3. The van der Waals surface area contributed by atoms with E-state index in [2.05, 4.69) is 20.5 Å². The summed E-state index contributed by atoms with van der Waals surface area (Å²) in [5.74, 6) is 0.515. The highest BCUT2D eigenvalue weighted by atomic mass is 35.5. The van der Waals surface area contributed by atoms with Crippen molar-refractivity contribution >= 4 is 34.7 Å². The van der Waals surface area contributed by atoms with Crippen LogP contribution in [0.4, 0.5) is 5.82 Å². The topological polar surface area (TPSA) is 70.4 Å². The largest absolute Gasteiger partial charge is 0.507 e. The maximum atomic E-state index is 9.63. The van der Waals surface area contributed by atoms with Crippen molar-refractivity contribution in [2.45, 2.75) is 0 Å². The zero-order valence-electron chi connectivity index (χ0n) is 10.9. The highest BCUT2D eigenvalue weighted by Crippen LogP contribution is 2.21. The number of hydrogen-bond donors (Lipinski definition) is 2. The van der Waals surface area contributed by atoms with E-state index in [4.69, 9.17) is 11.6 Å². The van der Waals surface area contributed by atoms with Gasteiger partial charge in [-0.25, -0.2) is 9.97 Å². The Hall–Kier alpha value is -2.66. The predicted octanol–water partition coefficient (Wildman–Crippen LogP) is 3.43. The van der Waals surface area contributed by atoms with E-state index >= 15 is 0 Å². The van der Waals surface area contributed by atoms with E-state index in [1.165, 1.54) is 6.21 Å². The van der Waals surface area contributed by atoms with Crippen LogP contribution < -0.4 is 5.43 Å². The van der Waals surface area contributed by atoms with Crippen molar-refractivity contribution in [1.82, 2.24) is 9.97 Å². The first kappa shape index (κ1) is 13.3. The summed E-state index contributed by atoms with van der Waals surface area (Å²) in [6.07, 6.45) is 1.49. The molecule has 0 saturated carbocycles. The van der Waals surface area contributed by atoms with Gasteiger partial charge in [-0.15, -0.1) is 0 Å². The number of aromatic hydroxyl groups is 1. The molecule has 0 fully saturated rings. The van der Waals surface area contributed by atoms with Crippen LogP contribution >= 0.6 is 11.6 Å². The number of hydrogen-bond acceptors (Lipinski definition) is 5. The van der Waals surface area contributed by atoms with Crippen LogP contribution in [0.3, 0.4) is 0 Å². The number of para-hydroxylation sites is 3. The van der Waals surface area contributed by atoms with Gasteiger partial charge in [-0.3, -0.25) is 5.43 Å². The van der Waals surface area contributed by atoms with Crippen molar-refractivity contribution in [2.24, 2.45) is 5.10 Å². The Morgan fingerprint density at radius 1 is 1.00 bits per heavy atom. The molecule has 0 radical (unpaired) electrons. The van der Waals surface area contributed by atoms with E-state index in [1.54, 1.807) is 18.2 Å². The SMILES string of the molecule is Oc1ccccc1/C=N/Nc1nc2ccccc2nc1Cl. The standard InChI is InChI=1S/C15H11ClN4O/c16-14-15(19-12-7-3-2-6-11(12)18-14)20-17-9-10-5-1-4-8-13(10)21/h1-9,21H,(H,19,20)/b17-9+. The minimum absolute atomic E-state index is 0.152. The predicted molar refractivity (Wildman–Crippen MR) is 83.9 cm³/mol. The molecular weight excluding hydrogens is 288 g/mol. The third kappa shape index (κ3) is 2.93. The van der Waals surface area contributed by atoms with Gasteiger partial charge in [-0.2, -0.15) is 5.10 Å². The second-order valence-corrected chi connectivity index (χ2v) is 4.64. The maximum absolute atomic E-state index is 9.63. The summed E-state index contributed by atoms with van der Waals surface area (Å²) in [4.78, 5) is 8.58. The molecule has 0 spiro atoms. The van der Waals surface area contributed by atoms with Gasteiger partial charge in [0.05, 0.1) is 17.2 Å². The highest BCUT2D eigenvalue weighted by molar-refractivity contribution is 6.32. The first-order valence-electron chi connectivity index (χ1n) is 6.23. The minimum Gasteiger partial charge on any atom is -0.507 e. The Labute approximate surface area is 125 Å². The number of halogens is 1. The van der Waals surface area contributed by atoms with Gasteiger partial charge < -0.3 is 5.11 Å². The minimum atomic E-state index is 0.152. The number of aromatic nitrogens is 2. The molecule has 3 rings (SSSR count). The lowest BCUT2D eigenvalue weighted by Crippen LogP contribution is -1.97. The molecule has 0 atom stereocenters. The molecule has 2 aromatic carbocycles. The smallest absolute Gasteiger partial charge is 0.185 e. The number of rotatable bonds is 3. The molecule has 0 saturated heterocycles. The Morgan fingerprint density at radius 3 is 2.43 bits per heavy atom. The van der Waals surface area contributed by atoms with Crippen LogP contribution in [0.5, 0.6) is 5.75 Å². The average Bonchev–Trinajstić information content (AvgIpc) is 2.49. The van der Waals surface area contributed by atoms with Crippen LogP contribution in [0.25, 0.3) is 11.0 Å². The molecule has 21 heavy (non-hydrogen) atoms. The molecule has 6 heteroatoms. The highest BCUT2D eigenvalue weighted by Gasteiger charge is 2.05. The summed E-state index contributed by atoms with van der Waals surface area (Å²) in [6, 6.07) is 14.3. The molecule has 0 aliphatic rings. The number of fused-ring (bicyclic) bond motifs is 1. The van der Waals surface area contributed by atoms with Crippen molar-refractivity contribution in [2.75, 3.05) is 5.43 Å². The molecule has 5 nitrogen and oxygen atoms in total. The number of phenols is 1. The molecule has 0 amide bonds. The van der Waals surface area contributed by atoms with Gasteiger partial charge in [0, 0.05) is 5.56 Å². The number of hydrazone groups is 1. The lowest BCUT2D eigenvalue weighted by atomic mass is 10.2. The first-order valence-corrected chi connectivity index (χ1v) is 6.61. The van der Waals surface area contributed by atoms with E-state index in [0.29, 0.717) is 11.4 Å². The fourth-order valence-electron chi connectivity index (χ4n) is 1.81. The van der Waals surface area contributed by atoms with Gasteiger partial charge in [0.2, 0.25) is 0 Å². The summed E-state index contributed by atoms with van der Waals surface area (Å²) >= 11 is 6.06. The first-order chi connectivity index (χ1) is 10.2. The second kappa shape index (κ2) is 5.76. The van der Waals surface area contributed by atoms with Gasteiger partial charge in [0.25, 0.3) is 0 Å². The monoisotopic (exact) mass is 298 g/mol. The molecule has 3 aromatic rings. The number of nitrogens with one attached hydrogen (secondary N) is 1. The van der Waals surface area contributed by atoms with Gasteiger partial charge in [0.1, 0.15) is 5.75 Å². The fraction of sp³-hybridized carbons (Fsp3) is 0. The van der Waals surface area contributed by atoms with Crippen LogP contribution in [0.15, 0.2) is 53.6 Å². The van der Waals surface area contributed by atoms with Crippen LogP contribution in [0, 0.1) is 0 Å². The summed E-state index contributed by atoms with van der Waals surface area (Å²) < 4.78 is 0. The zero-order chi connectivity index (χ0) is 14.7. The Morgan fingerprint density at radius 2 is 1.67 bits per heavy atom. The van der Waals surface area contributed by atoms with Crippen LogP contribution in [-0.2, 0) is 0 Å². The summed E-state index contributed by atoms with van der Waals surface area (Å²) in [5.41, 5.74) is 4.77. The van der Waals surface area contributed by atoms with E-state index < -0.39 is 0 Å². The van der Waals surface area contributed by atoms with E-state index in [9.17, 15) is 5.11 Å². The van der Waals surface area contributed by atoms with E-state index in [0.717, 1.165) is 11.0 Å². The van der Waals surface area contributed by atoms with Gasteiger partial charge in [-0.05, 0) is 24.3 Å². The Bertz CT molecular complexity index is 820. The van der Waals surface area contributed by atoms with Crippen LogP contribution in [-0.4, -0.2) is 21.3 Å². The van der Waals surface area contributed by atoms with Crippen molar-refractivity contribution in [3.63, 3.8) is 0 Å². The molecule has 0 aliphatic carbocycles. The number of benzene rings is 2. The molecule has 1 aromatic heterocycles. The molecule has 0 aliphatic heterocycles. The third-order valence-corrected chi connectivity index (χ3v) is 3.10. The van der Waals surface area contributed by atoms with Crippen molar-refractivity contribution in [3.8, 4) is 5.75 Å². The van der Waals surface area contributed by atoms with Crippen molar-refractivity contribution in [1.29, 1.82) is 0 Å². The molecule has 0 bridgehead atoms. The molecule has 2 N–H and O–H groups in total. The average molecular weight is 299 g/mol. The summed E-state index contributed by atoms with van der Waals surface area (Å²) in [7, 11) is 0. The van der Waals surface area contributed by atoms with Gasteiger partial charge in [0.15, 0.2) is 11.0 Å². The zero-order valence-corrected chi connectivity index (χ0v) is 11.6. The van der Waals surface area contributed by atoms with E-state index in [1.807, 2.05) is 30.3 Å². The Balaban J connectivity index is 1.85. The normalized spacial score (nSPS) is 11.1. The molecular formula is C15H11ClN4O. The number of anilines is 1. The van der Waals surface area contributed by atoms with Crippen LogP contribution in [0.2, 0.25) is 5.15 Å². The lowest BCUT2D eigenvalue weighted by molar-refractivity contribution is 0.474. The van der Waals surface area contributed by atoms with Crippen molar-refractivity contribution in [3.05, 3.63) is 59.2 Å². The number of phenolic OH excluding ortho intramolecular Hbond substituents is 1. The molecule has 1 heterocycles. The second-order valence-electron chi connectivity index (χ2n) is 4.28. The van der Waals surface area contributed by atoms with E-state index in [-0.39, 0.29) is 10.9 Å². The quantitative estimate of drug-likeness (QED) is 0.574. The Kier molecular flexibility index (Phi) is 3.66. The summed E-state index contributed by atoms with van der Waals surface area (Å²) in [5, 5.41) is 13.9. The maximum Gasteiger partial charge on any atom is 0.185 e. The lowest BCUT2D eigenvalue weighted by Gasteiger charge is -2.04. The van der Waals surface area contributed by atoms with Gasteiger partial charge >= 0.3 is 0 Å². The molecule has 0 unspecified atom stereocenters. The van der Waals surface area contributed by atoms with Crippen LogP contribution in [0.1, 0.15) is 5.56 Å². The van der Waals surface area contributed by atoms with Crippen molar-refractivity contribution < 1.29 is 5.11 Å². The van der Waals surface area contributed by atoms with Gasteiger partial charge in [-0.1, -0.05) is 35.9 Å². The third-order valence-electron chi connectivity index (χ3n) is 2.84. The fourth-order valence-corrected chi connectivity index (χ4v) is 1.98. The molecule has 104 valence electrons.